The van der Waals surface area contributed by atoms with Crippen LogP contribution in [0.15, 0.2) is 35.0 Å². The van der Waals surface area contributed by atoms with Crippen LogP contribution in [0.3, 0.4) is 0 Å². The molecule has 0 N–H and O–H groups in total. The van der Waals surface area contributed by atoms with E-state index in [1.54, 1.807) is 18.3 Å². The Hall–Kier alpha value is -3.09. The van der Waals surface area contributed by atoms with Crippen LogP contribution in [-0.4, -0.2) is 26.6 Å². The maximum atomic E-state index is 10.6. The van der Waals surface area contributed by atoms with Crippen LogP contribution in [0, 0.1) is 13.8 Å². The van der Waals surface area contributed by atoms with Gasteiger partial charge in [-0.3, -0.25) is 9.78 Å². The molecule has 0 aliphatic carbocycles. The van der Waals surface area contributed by atoms with Crippen LogP contribution in [0.25, 0.3) is 11.3 Å². The first kappa shape index (κ1) is 14.8. The van der Waals surface area contributed by atoms with E-state index >= 15 is 0 Å². The summed E-state index contributed by atoms with van der Waals surface area (Å²) in [5, 5.41) is 11.6. The third-order valence-electron chi connectivity index (χ3n) is 3.32. The topological polar surface area (TPSA) is 91.0 Å². The average molecular weight is 310 g/mol. The molecule has 3 rings (SSSR count). The van der Waals surface area contributed by atoms with Crippen LogP contribution in [0.1, 0.15) is 27.5 Å². The molecule has 0 unspecified atom stereocenters. The standard InChI is InChI=1S/C16H14N4O3/c1-10-3-4-12(7-17-10)16-14(11(2)23-20-16)9-22-15-6-5-13(8-21)18-19-15/h3-8H,9H2,1-2H3. The Bertz CT molecular complexity index is 810. The minimum atomic E-state index is 0.230. The molecule has 0 aliphatic heterocycles. The van der Waals surface area contributed by atoms with Gasteiger partial charge in [0, 0.05) is 23.5 Å². The molecule has 0 aromatic carbocycles. The van der Waals surface area contributed by atoms with E-state index in [0.717, 1.165) is 16.8 Å². The quantitative estimate of drug-likeness (QED) is 0.669. The van der Waals surface area contributed by atoms with Gasteiger partial charge < -0.3 is 9.26 Å². The molecule has 0 radical (unpaired) electrons. The number of ether oxygens (including phenoxy) is 1. The summed E-state index contributed by atoms with van der Waals surface area (Å²) >= 11 is 0. The fourth-order valence-electron chi connectivity index (χ4n) is 2.01. The van der Waals surface area contributed by atoms with Gasteiger partial charge in [0.1, 0.15) is 23.8 Å². The molecule has 0 spiro atoms. The second kappa shape index (κ2) is 6.35. The van der Waals surface area contributed by atoms with Crippen molar-refractivity contribution >= 4 is 6.29 Å². The number of aromatic nitrogens is 4. The van der Waals surface area contributed by atoms with Gasteiger partial charge in [-0.1, -0.05) is 5.16 Å². The molecule has 3 aromatic heterocycles. The molecule has 3 heterocycles. The summed E-state index contributed by atoms with van der Waals surface area (Å²) in [6.07, 6.45) is 2.37. The van der Waals surface area contributed by atoms with Crippen molar-refractivity contribution in [2.24, 2.45) is 0 Å². The minimum absolute atomic E-state index is 0.230. The van der Waals surface area contributed by atoms with Gasteiger partial charge in [0.05, 0.1) is 5.56 Å². The van der Waals surface area contributed by atoms with Crippen LogP contribution < -0.4 is 4.74 Å². The Morgan fingerprint density at radius 2 is 2.04 bits per heavy atom. The predicted molar refractivity (Wildman–Crippen MR) is 81.0 cm³/mol. The summed E-state index contributed by atoms with van der Waals surface area (Å²) in [4.78, 5) is 14.8. The zero-order chi connectivity index (χ0) is 16.2. The molecule has 0 fully saturated rings. The van der Waals surface area contributed by atoms with Crippen molar-refractivity contribution in [3.05, 3.63) is 53.2 Å². The van der Waals surface area contributed by atoms with Gasteiger partial charge in [-0.05, 0) is 32.0 Å². The molecule has 0 saturated heterocycles. The number of rotatable bonds is 5. The summed E-state index contributed by atoms with van der Waals surface area (Å²) in [5.41, 5.74) is 3.54. The molecule has 7 heteroatoms. The van der Waals surface area contributed by atoms with Crippen molar-refractivity contribution in [1.29, 1.82) is 0 Å². The Morgan fingerprint density at radius 3 is 2.70 bits per heavy atom. The van der Waals surface area contributed by atoms with E-state index in [-0.39, 0.29) is 12.3 Å². The summed E-state index contributed by atoms with van der Waals surface area (Å²) in [6, 6.07) is 6.97. The highest BCUT2D eigenvalue weighted by molar-refractivity contribution is 5.71. The number of hydrogen-bond donors (Lipinski definition) is 0. The summed E-state index contributed by atoms with van der Waals surface area (Å²) < 4.78 is 10.9. The van der Waals surface area contributed by atoms with Crippen LogP contribution in [0.2, 0.25) is 0 Å². The highest BCUT2D eigenvalue weighted by Gasteiger charge is 2.16. The number of aldehydes is 1. The monoisotopic (exact) mass is 310 g/mol. The predicted octanol–water partition coefficient (Wildman–Crippen LogP) is 2.53. The van der Waals surface area contributed by atoms with Gasteiger partial charge >= 0.3 is 0 Å². The largest absolute Gasteiger partial charge is 0.472 e. The highest BCUT2D eigenvalue weighted by atomic mass is 16.5. The second-order valence-corrected chi connectivity index (χ2v) is 4.96. The van der Waals surface area contributed by atoms with Gasteiger partial charge in [-0.25, -0.2) is 0 Å². The Morgan fingerprint density at radius 1 is 1.17 bits per heavy atom. The first-order valence-electron chi connectivity index (χ1n) is 6.97. The molecule has 3 aromatic rings. The Kier molecular flexibility index (Phi) is 4.09. The molecule has 0 aliphatic rings. The fraction of sp³-hybridized carbons (Fsp3) is 0.188. The zero-order valence-corrected chi connectivity index (χ0v) is 12.7. The number of carbonyl (C=O) groups excluding carboxylic acids is 1. The first-order valence-corrected chi connectivity index (χ1v) is 6.97. The molecular weight excluding hydrogens is 296 g/mol. The molecule has 116 valence electrons. The van der Waals surface area contributed by atoms with Gasteiger partial charge in [-0.15, -0.1) is 10.2 Å². The number of carbonyl (C=O) groups is 1. The molecule has 0 bridgehead atoms. The lowest BCUT2D eigenvalue weighted by atomic mass is 10.1. The lowest BCUT2D eigenvalue weighted by Gasteiger charge is -2.05. The molecule has 0 atom stereocenters. The van der Waals surface area contributed by atoms with Crippen molar-refractivity contribution in [2.75, 3.05) is 0 Å². The fourth-order valence-corrected chi connectivity index (χ4v) is 2.01. The summed E-state index contributed by atoms with van der Waals surface area (Å²) in [7, 11) is 0. The van der Waals surface area contributed by atoms with Crippen molar-refractivity contribution < 1.29 is 14.1 Å². The van der Waals surface area contributed by atoms with Crippen LogP contribution >= 0.6 is 0 Å². The normalized spacial score (nSPS) is 10.5. The maximum absolute atomic E-state index is 10.6. The summed E-state index contributed by atoms with van der Waals surface area (Å²) in [5.74, 6) is 0.988. The smallest absolute Gasteiger partial charge is 0.233 e. The van der Waals surface area contributed by atoms with Gasteiger partial charge in [0.2, 0.25) is 5.88 Å². The van der Waals surface area contributed by atoms with E-state index in [1.165, 1.54) is 0 Å². The second-order valence-electron chi connectivity index (χ2n) is 4.96. The SMILES string of the molecule is Cc1ccc(-c2noc(C)c2COc2ccc(C=O)nn2)cn1. The van der Waals surface area contributed by atoms with Gasteiger partial charge in [0.25, 0.3) is 0 Å². The van der Waals surface area contributed by atoms with E-state index in [0.29, 0.717) is 23.6 Å². The summed E-state index contributed by atoms with van der Waals surface area (Å²) in [6.45, 7) is 3.97. The van der Waals surface area contributed by atoms with Crippen molar-refractivity contribution in [1.82, 2.24) is 20.3 Å². The van der Waals surface area contributed by atoms with E-state index in [2.05, 4.69) is 20.3 Å². The van der Waals surface area contributed by atoms with Crippen molar-refractivity contribution in [3.8, 4) is 17.1 Å². The van der Waals surface area contributed by atoms with Crippen LogP contribution in [-0.2, 0) is 6.61 Å². The minimum Gasteiger partial charge on any atom is -0.472 e. The molecule has 0 saturated carbocycles. The van der Waals surface area contributed by atoms with Gasteiger partial charge in [0.15, 0.2) is 6.29 Å². The number of aryl methyl sites for hydroxylation is 2. The first-order chi connectivity index (χ1) is 11.2. The third kappa shape index (κ3) is 3.23. The maximum Gasteiger partial charge on any atom is 0.233 e. The van der Waals surface area contributed by atoms with Gasteiger partial charge in [-0.2, -0.15) is 0 Å². The van der Waals surface area contributed by atoms with E-state index in [1.807, 2.05) is 26.0 Å². The van der Waals surface area contributed by atoms with E-state index in [9.17, 15) is 4.79 Å². The van der Waals surface area contributed by atoms with Crippen LogP contribution in [0.5, 0.6) is 5.88 Å². The lowest BCUT2D eigenvalue weighted by molar-refractivity contribution is 0.111. The Balaban J connectivity index is 1.81. The molecule has 7 nitrogen and oxygen atoms in total. The average Bonchev–Trinajstić information content (AvgIpc) is 2.95. The molecular formula is C16H14N4O3. The molecule has 0 amide bonds. The Labute approximate surface area is 132 Å². The van der Waals surface area contributed by atoms with Crippen LogP contribution in [0.4, 0.5) is 0 Å². The molecule has 23 heavy (non-hydrogen) atoms. The van der Waals surface area contributed by atoms with E-state index < -0.39 is 0 Å². The third-order valence-corrected chi connectivity index (χ3v) is 3.32. The number of nitrogens with zero attached hydrogens (tertiary/aromatic N) is 4. The zero-order valence-electron chi connectivity index (χ0n) is 12.7. The number of hydrogen-bond acceptors (Lipinski definition) is 7. The van der Waals surface area contributed by atoms with Crippen molar-refractivity contribution in [3.63, 3.8) is 0 Å². The van der Waals surface area contributed by atoms with Crippen molar-refractivity contribution in [2.45, 2.75) is 20.5 Å². The highest BCUT2D eigenvalue weighted by Crippen LogP contribution is 2.25. The lowest BCUT2D eigenvalue weighted by Crippen LogP contribution is -2.01. The van der Waals surface area contributed by atoms with E-state index in [4.69, 9.17) is 9.26 Å². The number of pyridine rings is 1.